The van der Waals surface area contributed by atoms with E-state index in [1.54, 1.807) is 11.3 Å². The van der Waals surface area contributed by atoms with Crippen LogP contribution in [-0.4, -0.2) is 9.55 Å². The van der Waals surface area contributed by atoms with E-state index in [0.29, 0.717) is 4.77 Å². The molecule has 0 atom stereocenters. The molecule has 1 fully saturated rings. The van der Waals surface area contributed by atoms with Crippen LogP contribution in [0, 0.1) is 10.2 Å². The molecule has 112 valence electrons. The molecule has 21 heavy (non-hydrogen) atoms. The van der Waals surface area contributed by atoms with Crippen LogP contribution in [0.3, 0.4) is 0 Å². The standard InChI is InChI=1S/C16H20N2OS2/c1-16(7-4-8-16)9-18-14(19)12-10-5-2-3-6-11(10)21-13(12)17-15(18)20/h2-9H2,1H3,(H,17,20). The molecule has 4 rings (SSSR count). The van der Waals surface area contributed by atoms with E-state index in [1.807, 2.05) is 4.57 Å². The number of aryl methyl sites for hydroxylation is 2. The highest BCUT2D eigenvalue weighted by Crippen LogP contribution is 2.41. The van der Waals surface area contributed by atoms with Gasteiger partial charge in [0.2, 0.25) is 0 Å². The molecule has 1 N–H and O–H groups in total. The van der Waals surface area contributed by atoms with Crippen molar-refractivity contribution < 1.29 is 0 Å². The van der Waals surface area contributed by atoms with E-state index in [-0.39, 0.29) is 11.0 Å². The summed E-state index contributed by atoms with van der Waals surface area (Å²) in [5.74, 6) is 0. The normalized spacial score (nSPS) is 20.2. The van der Waals surface area contributed by atoms with Gasteiger partial charge in [0.25, 0.3) is 5.56 Å². The fourth-order valence-corrected chi connectivity index (χ4v) is 5.33. The van der Waals surface area contributed by atoms with Crippen molar-refractivity contribution in [3.63, 3.8) is 0 Å². The molecule has 0 bridgehead atoms. The minimum Gasteiger partial charge on any atom is -0.323 e. The molecule has 0 aliphatic heterocycles. The lowest BCUT2D eigenvalue weighted by Gasteiger charge is -2.38. The van der Waals surface area contributed by atoms with E-state index in [0.717, 1.165) is 29.6 Å². The predicted molar refractivity (Wildman–Crippen MR) is 89.9 cm³/mol. The fraction of sp³-hybridized carbons (Fsp3) is 0.625. The molecule has 0 aromatic carbocycles. The zero-order valence-corrected chi connectivity index (χ0v) is 14.0. The lowest BCUT2D eigenvalue weighted by atomic mass is 9.70. The second-order valence-electron chi connectivity index (χ2n) is 6.90. The van der Waals surface area contributed by atoms with Gasteiger partial charge in [0.05, 0.1) is 5.39 Å². The largest absolute Gasteiger partial charge is 0.323 e. The van der Waals surface area contributed by atoms with Crippen molar-refractivity contribution in [1.82, 2.24) is 9.55 Å². The number of fused-ring (bicyclic) bond motifs is 3. The number of aromatic nitrogens is 2. The van der Waals surface area contributed by atoms with Crippen LogP contribution in [0.2, 0.25) is 0 Å². The minimum absolute atomic E-state index is 0.140. The van der Waals surface area contributed by atoms with Gasteiger partial charge in [-0.1, -0.05) is 13.3 Å². The van der Waals surface area contributed by atoms with E-state index in [2.05, 4.69) is 11.9 Å². The number of aromatic amines is 1. The maximum absolute atomic E-state index is 13.0. The Hall–Kier alpha value is -0.940. The highest BCUT2D eigenvalue weighted by atomic mass is 32.1. The van der Waals surface area contributed by atoms with Crippen molar-refractivity contribution in [2.24, 2.45) is 5.41 Å². The Labute approximate surface area is 133 Å². The monoisotopic (exact) mass is 320 g/mol. The van der Waals surface area contributed by atoms with Crippen LogP contribution in [0.1, 0.15) is 49.5 Å². The second kappa shape index (κ2) is 4.78. The SMILES string of the molecule is CC1(Cn2c(=S)[nH]c3sc4c(c3c2=O)CCCC4)CCC1. The van der Waals surface area contributed by atoms with Gasteiger partial charge in [-0.2, -0.15) is 0 Å². The number of hydrogen-bond donors (Lipinski definition) is 1. The Bertz CT molecular complexity index is 823. The molecule has 2 aromatic heterocycles. The van der Waals surface area contributed by atoms with Crippen LogP contribution in [0.5, 0.6) is 0 Å². The number of nitrogens with zero attached hydrogens (tertiary/aromatic N) is 1. The summed E-state index contributed by atoms with van der Waals surface area (Å²) in [6.07, 6.45) is 8.29. The molecule has 2 aromatic rings. The van der Waals surface area contributed by atoms with Gasteiger partial charge >= 0.3 is 0 Å². The Kier molecular flexibility index (Phi) is 3.12. The van der Waals surface area contributed by atoms with Crippen LogP contribution < -0.4 is 5.56 Å². The molecule has 1 saturated carbocycles. The summed E-state index contributed by atoms with van der Waals surface area (Å²) in [7, 11) is 0. The minimum atomic E-state index is 0.140. The first kappa shape index (κ1) is 13.7. The van der Waals surface area contributed by atoms with Gasteiger partial charge in [0.15, 0.2) is 4.77 Å². The average molecular weight is 320 g/mol. The molecule has 5 heteroatoms. The molecule has 0 saturated heterocycles. The fourth-order valence-electron chi connectivity index (χ4n) is 3.74. The number of thiophene rings is 1. The Morgan fingerprint density at radius 2 is 2.05 bits per heavy atom. The molecule has 0 amide bonds. The molecule has 2 aliphatic carbocycles. The summed E-state index contributed by atoms with van der Waals surface area (Å²) < 4.78 is 2.41. The van der Waals surface area contributed by atoms with Crippen LogP contribution in [0.25, 0.3) is 10.2 Å². The topological polar surface area (TPSA) is 37.8 Å². The quantitative estimate of drug-likeness (QED) is 0.843. The first-order valence-corrected chi connectivity index (χ1v) is 9.07. The van der Waals surface area contributed by atoms with Crippen LogP contribution in [0.4, 0.5) is 0 Å². The van der Waals surface area contributed by atoms with Crippen LogP contribution >= 0.6 is 23.6 Å². The van der Waals surface area contributed by atoms with Crippen molar-refractivity contribution >= 4 is 33.8 Å². The van der Waals surface area contributed by atoms with Crippen molar-refractivity contribution in [2.75, 3.05) is 0 Å². The smallest absolute Gasteiger partial charge is 0.263 e. The zero-order valence-electron chi connectivity index (χ0n) is 12.3. The molecular weight excluding hydrogens is 300 g/mol. The second-order valence-corrected chi connectivity index (χ2v) is 8.39. The summed E-state index contributed by atoms with van der Waals surface area (Å²) in [4.78, 5) is 18.7. The van der Waals surface area contributed by atoms with Gasteiger partial charge in [-0.3, -0.25) is 9.36 Å². The Morgan fingerprint density at radius 1 is 1.29 bits per heavy atom. The Balaban J connectivity index is 1.91. The molecule has 0 spiro atoms. The molecule has 0 unspecified atom stereocenters. The van der Waals surface area contributed by atoms with Gasteiger partial charge < -0.3 is 4.98 Å². The summed E-state index contributed by atoms with van der Waals surface area (Å²) >= 11 is 7.20. The number of H-pyrrole nitrogens is 1. The highest BCUT2D eigenvalue weighted by Gasteiger charge is 2.33. The Morgan fingerprint density at radius 3 is 2.76 bits per heavy atom. The van der Waals surface area contributed by atoms with Gasteiger partial charge in [-0.15, -0.1) is 11.3 Å². The molecule has 2 heterocycles. The summed E-state index contributed by atoms with van der Waals surface area (Å²) in [6.45, 7) is 3.03. The number of nitrogens with one attached hydrogen (secondary N) is 1. The van der Waals surface area contributed by atoms with Crippen molar-refractivity contribution in [2.45, 2.75) is 58.4 Å². The van der Waals surface area contributed by atoms with Gasteiger partial charge in [0.1, 0.15) is 4.83 Å². The van der Waals surface area contributed by atoms with Gasteiger partial charge in [-0.25, -0.2) is 0 Å². The van der Waals surface area contributed by atoms with Crippen LogP contribution in [0.15, 0.2) is 4.79 Å². The average Bonchev–Trinajstić information content (AvgIpc) is 2.79. The van der Waals surface area contributed by atoms with E-state index in [4.69, 9.17) is 12.2 Å². The summed E-state index contributed by atoms with van der Waals surface area (Å²) in [5, 5.41) is 0.922. The van der Waals surface area contributed by atoms with Gasteiger partial charge in [-0.05, 0) is 61.7 Å². The van der Waals surface area contributed by atoms with Crippen molar-refractivity contribution in [3.8, 4) is 0 Å². The zero-order chi connectivity index (χ0) is 14.6. The third kappa shape index (κ3) is 2.13. The van der Waals surface area contributed by atoms with Crippen LogP contribution in [-0.2, 0) is 19.4 Å². The lowest BCUT2D eigenvalue weighted by molar-refractivity contribution is 0.129. The van der Waals surface area contributed by atoms with Crippen molar-refractivity contribution in [1.29, 1.82) is 0 Å². The highest BCUT2D eigenvalue weighted by molar-refractivity contribution is 7.71. The van der Waals surface area contributed by atoms with E-state index >= 15 is 0 Å². The van der Waals surface area contributed by atoms with Gasteiger partial charge in [0, 0.05) is 11.4 Å². The lowest BCUT2D eigenvalue weighted by Crippen LogP contribution is -2.36. The molecule has 2 aliphatic rings. The maximum atomic E-state index is 13.0. The first-order chi connectivity index (χ1) is 10.1. The first-order valence-electron chi connectivity index (χ1n) is 7.85. The maximum Gasteiger partial charge on any atom is 0.263 e. The molecular formula is C16H20N2OS2. The predicted octanol–water partition coefficient (Wildman–Crippen LogP) is 4.19. The van der Waals surface area contributed by atoms with E-state index in [1.165, 1.54) is 42.5 Å². The number of hydrogen-bond acceptors (Lipinski definition) is 3. The third-order valence-corrected chi connectivity index (χ3v) is 6.73. The van der Waals surface area contributed by atoms with Crippen molar-refractivity contribution in [3.05, 3.63) is 25.6 Å². The summed E-state index contributed by atoms with van der Waals surface area (Å²) in [6, 6.07) is 0. The third-order valence-electron chi connectivity index (χ3n) is 5.20. The van der Waals surface area contributed by atoms with E-state index < -0.39 is 0 Å². The molecule has 3 nitrogen and oxygen atoms in total. The van der Waals surface area contributed by atoms with E-state index in [9.17, 15) is 4.79 Å². The summed E-state index contributed by atoms with van der Waals surface area (Å²) in [5.41, 5.74) is 1.70. The molecule has 0 radical (unpaired) electrons. The number of rotatable bonds is 2.